The van der Waals surface area contributed by atoms with Crippen LogP contribution in [0.2, 0.25) is 0 Å². The van der Waals surface area contributed by atoms with Crippen LogP contribution in [0.25, 0.3) is 0 Å². The lowest BCUT2D eigenvalue weighted by Gasteiger charge is -2.21. The van der Waals surface area contributed by atoms with Crippen molar-refractivity contribution in [2.45, 2.75) is 56.9 Å². The van der Waals surface area contributed by atoms with Crippen molar-refractivity contribution in [3.05, 3.63) is 132 Å². The van der Waals surface area contributed by atoms with E-state index in [-0.39, 0.29) is 36.4 Å². The number of nitro benzene ring substituents is 1. The Hall–Kier alpha value is -3.30. The Kier molecular flexibility index (Phi) is 15.5. The summed E-state index contributed by atoms with van der Waals surface area (Å²) in [5.41, 5.74) is -0.749. The lowest BCUT2D eigenvalue weighted by atomic mass is 10.1. The second kappa shape index (κ2) is 19.2. The molecule has 0 saturated carbocycles. The van der Waals surface area contributed by atoms with Crippen LogP contribution in [0.3, 0.4) is 0 Å². The first-order valence-electron chi connectivity index (χ1n) is 15.6. The maximum absolute atomic E-state index is 13.8. The standard InChI is InChI=1S/C30H35N4O16P3S2/c1-4-23(54-55-27-11-7-8-14-31-27)13-12-20(2)16-33-29(35)21(3)17-32(30(33)36)28-15-25(46-18-22-9-5-6-10-24(22)34(37)38)26(48-28)19-47-52(42,43)50-53(44,45)49-51(39,40)41/h4-14,17,25-26,28H,1,15-16,18-19H2,2-3H3,(H,42,43)(H,44,45)(H2,39,40,41)/b20-12+,23-13+/t25-,26?,28-/m1/s1. The highest BCUT2D eigenvalue weighted by Gasteiger charge is 2.44. The van der Waals surface area contributed by atoms with Crippen molar-refractivity contribution in [2.75, 3.05) is 6.61 Å². The van der Waals surface area contributed by atoms with Crippen LogP contribution in [0.4, 0.5) is 5.69 Å². The molecular weight excluding hydrogens is 829 g/mol. The Bertz CT molecular complexity index is 2210. The van der Waals surface area contributed by atoms with Gasteiger partial charge in [0.25, 0.3) is 11.2 Å². The van der Waals surface area contributed by atoms with E-state index in [9.17, 15) is 43.2 Å². The molecule has 25 heteroatoms. The van der Waals surface area contributed by atoms with E-state index in [0.717, 1.165) is 19.1 Å². The second-order valence-corrected chi connectivity index (χ2v) is 18.1. The maximum atomic E-state index is 13.8. The topological polar surface area (TPSA) is 278 Å². The van der Waals surface area contributed by atoms with Crippen molar-refractivity contribution in [3.8, 4) is 0 Å². The number of aromatic nitrogens is 3. The van der Waals surface area contributed by atoms with Gasteiger partial charge in [0, 0.05) is 35.3 Å². The number of nitro groups is 1. The van der Waals surface area contributed by atoms with E-state index in [1.165, 1.54) is 59.0 Å². The highest BCUT2D eigenvalue weighted by atomic mass is 33.1. The average Bonchev–Trinajstić information content (AvgIpc) is 3.51. The van der Waals surface area contributed by atoms with Crippen LogP contribution in [0.15, 0.2) is 105 Å². The zero-order valence-electron chi connectivity index (χ0n) is 28.8. The lowest BCUT2D eigenvalue weighted by molar-refractivity contribution is -0.386. The van der Waals surface area contributed by atoms with Crippen molar-refractivity contribution in [2.24, 2.45) is 0 Å². The number of rotatable bonds is 19. The van der Waals surface area contributed by atoms with E-state index in [0.29, 0.717) is 5.57 Å². The number of allylic oxidation sites excluding steroid dienone is 4. The van der Waals surface area contributed by atoms with Gasteiger partial charge in [0.1, 0.15) is 17.4 Å². The minimum absolute atomic E-state index is 0.127. The molecule has 55 heavy (non-hydrogen) atoms. The van der Waals surface area contributed by atoms with Gasteiger partial charge in [0.15, 0.2) is 0 Å². The predicted molar refractivity (Wildman–Crippen MR) is 199 cm³/mol. The van der Waals surface area contributed by atoms with E-state index in [1.54, 1.807) is 37.4 Å². The molecule has 0 amide bonds. The first-order chi connectivity index (χ1) is 25.8. The summed E-state index contributed by atoms with van der Waals surface area (Å²) in [6.07, 6.45) is 4.17. The molecule has 1 saturated heterocycles. The number of pyridine rings is 1. The Morgan fingerprint density at radius 1 is 1.09 bits per heavy atom. The van der Waals surface area contributed by atoms with Gasteiger partial charge < -0.3 is 29.0 Å². The summed E-state index contributed by atoms with van der Waals surface area (Å²) in [7, 11) is -14.3. The monoisotopic (exact) mass is 864 g/mol. The molecule has 4 rings (SSSR count). The number of phosphoric ester groups is 1. The molecule has 5 atom stereocenters. The van der Waals surface area contributed by atoms with Gasteiger partial charge in [0.05, 0.1) is 36.3 Å². The fraction of sp³-hybridized carbons (Fsp3) is 0.300. The molecule has 298 valence electrons. The first-order valence-corrected chi connectivity index (χ1v) is 22.3. The molecule has 2 aromatic heterocycles. The van der Waals surface area contributed by atoms with Crippen LogP contribution >= 0.6 is 45.1 Å². The number of aryl methyl sites for hydroxylation is 1. The largest absolute Gasteiger partial charge is 0.490 e. The minimum atomic E-state index is -5.84. The van der Waals surface area contributed by atoms with E-state index < -0.39 is 64.7 Å². The summed E-state index contributed by atoms with van der Waals surface area (Å²) in [4.78, 5) is 80.1. The molecule has 0 radical (unpaired) electrons. The molecule has 3 unspecified atom stereocenters. The Balaban J connectivity index is 1.58. The summed E-state index contributed by atoms with van der Waals surface area (Å²) in [5, 5.41) is 12.3. The third kappa shape index (κ3) is 13.4. The third-order valence-electron chi connectivity index (χ3n) is 7.32. The van der Waals surface area contributed by atoms with Gasteiger partial charge in [-0.05, 0) is 48.9 Å². The third-order valence-corrected chi connectivity index (χ3v) is 13.5. The van der Waals surface area contributed by atoms with Crippen LogP contribution in [0.5, 0.6) is 0 Å². The number of ether oxygens (including phenoxy) is 2. The van der Waals surface area contributed by atoms with Crippen molar-refractivity contribution in [1.82, 2.24) is 14.1 Å². The molecule has 1 aromatic carbocycles. The summed E-state index contributed by atoms with van der Waals surface area (Å²) in [5.74, 6) is 0. The summed E-state index contributed by atoms with van der Waals surface area (Å²) >= 11 is 0. The molecule has 0 spiro atoms. The molecular formula is C30H35N4O16P3S2. The van der Waals surface area contributed by atoms with Gasteiger partial charge >= 0.3 is 29.2 Å². The van der Waals surface area contributed by atoms with Crippen molar-refractivity contribution in [1.29, 1.82) is 0 Å². The normalized spacial score (nSPS) is 20.1. The van der Waals surface area contributed by atoms with Crippen molar-refractivity contribution < 1.29 is 60.8 Å². The smallest absolute Gasteiger partial charge is 0.370 e. The molecule has 1 aliphatic rings. The zero-order chi connectivity index (χ0) is 40.6. The van der Waals surface area contributed by atoms with Crippen LogP contribution in [-0.4, -0.2) is 57.4 Å². The van der Waals surface area contributed by atoms with Crippen LogP contribution in [-0.2, 0) is 49.5 Å². The molecule has 3 aromatic rings. The van der Waals surface area contributed by atoms with Crippen LogP contribution in [0, 0.1) is 17.0 Å². The number of phosphoric acid groups is 3. The summed E-state index contributed by atoms with van der Waals surface area (Å²) in [6.45, 7) is 5.57. The Morgan fingerprint density at radius 2 is 1.80 bits per heavy atom. The number of nitrogens with zero attached hydrogens (tertiary/aromatic N) is 4. The summed E-state index contributed by atoms with van der Waals surface area (Å²) in [6, 6.07) is 11.2. The summed E-state index contributed by atoms with van der Waals surface area (Å²) < 4.78 is 61.6. The fourth-order valence-electron chi connectivity index (χ4n) is 4.92. The molecule has 0 aliphatic carbocycles. The molecule has 3 heterocycles. The molecule has 20 nitrogen and oxygen atoms in total. The predicted octanol–water partition coefficient (Wildman–Crippen LogP) is 5.29. The van der Waals surface area contributed by atoms with E-state index in [4.69, 9.17) is 23.8 Å². The van der Waals surface area contributed by atoms with Crippen molar-refractivity contribution >= 4 is 50.7 Å². The molecule has 1 aliphatic heterocycles. The SMILES string of the molecule is C=C/C(=C\C=C(/C)Cn1c(=O)c(C)cn([C@H]2C[C@@H](OCc3ccccc3[N+](=O)[O-])C(COP(=O)(O)OP(=O)(O)OP(=O)(O)O)O2)c1=O)SSc1ccccn1. The highest BCUT2D eigenvalue weighted by Crippen LogP contribution is 2.66. The van der Waals surface area contributed by atoms with Gasteiger partial charge in [-0.1, -0.05) is 53.3 Å². The zero-order valence-corrected chi connectivity index (χ0v) is 33.1. The maximum Gasteiger partial charge on any atom is 0.490 e. The average molecular weight is 865 g/mol. The lowest BCUT2D eigenvalue weighted by Crippen LogP contribution is -2.42. The first kappa shape index (κ1) is 44.4. The number of benzene rings is 1. The minimum Gasteiger partial charge on any atom is -0.370 e. The van der Waals surface area contributed by atoms with Gasteiger partial charge in [-0.25, -0.2) is 23.5 Å². The van der Waals surface area contributed by atoms with Gasteiger partial charge in [-0.15, -0.1) is 0 Å². The van der Waals surface area contributed by atoms with Crippen molar-refractivity contribution in [3.63, 3.8) is 0 Å². The highest BCUT2D eigenvalue weighted by molar-refractivity contribution is 8.78. The van der Waals surface area contributed by atoms with E-state index in [1.807, 2.05) is 12.1 Å². The van der Waals surface area contributed by atoms with Crippen LogP contribution < -0.4 is 11.2 Å². The van der Waals surface area contributed by atoms with Gasteiger partial charge in [-0.2, -0.15) is 8.62 Å². The van der Waals surface area contributed by atoms with E-state index >= 15 is 0 Å². The van der Waals surface area contributed by atoms with E-state index in [2.05, 4.69) is 20.2 Å². The van der Waals surface area contributed by atoms with Crippen LogP contribution in [0.1, 0.15) is 30.7 Å². The quantitative estimate of drug-likeness (QED) is 0.0391. The number of hydrogen-bond donors (Lipinski definition) is 4. The number of para-hydroxylation sites is 1. The number of hydrogen-bond acceptors (Lipinski definition) is 15. The second-order valence-electron chi connectivity index (χ2n) is 11.5. The van der Waals surface area contributed by atoms with Gasteiger partial charge in [-0.3, -0.25) is 28.6 Å². The molecule has 1 fully saturated rings. The fourth-order valence-corrected chi connectivity index (χ4v) is 9.78. The van der Waals surface area contributed by atoms with Gasteiger partial charge in [0.2, 0.25) is 0 Å². The Labute approximate surface area is 320 Å². The molecule has 0 bridgehead atoms. The molecule has 4 N–H and O–H groups in total. The Morgan fingerprint density at radius 3 is 2.45 bits per heavy atom.